The fourth-order valence-electron chi connectivity index (χ4n) is 10.3. The quantitative estimate of drug-likeness (QED) is 0.0925. The molecule has 6 aromatic carbocycles. The van der Waals surface area contributed by atoms with E-state index >= 15 is 0 Å². The first-order chi connectivity index (χ1) is 42.4. The Balaban J connectivity index is 0.000000124. The Labute approximate surface area is 495 Å². The molecule has 0 saturated carbocycles. The number of hydrogen-bond donors (Lipinski definition) is 4. The molecule has 0 radical (unpaired) electrons. The number of carbonyl (C=O) groups is 1. The number of rotatable bonds is 10. The standard InChI is InChI=1S/C21H18O6.C20H16O6.C13H12O5.C12H8O5/c1-12-10-16(22)17-18(24-3)15-8-9-25-19(15)21(20(17)27-12)26-11-13-4-6-14(23-2)7-5-13;1-11-9-15(21)16-17(22)14-7-8-24-18(14)20(19(16)26-11)25-10-12-3-5-13(23-2)6-4-12;1-6-5-8(14)9-11(16-2)7-3-4-17-12(7)10(15)13(9)18-6;1-5-4-7(13)8-9(14)6-2-3-16-11(6)10(15)12(8)17-5/h4-10H,11H2,1-3H3;3-9,22H,10H2,1-2H3;3-4,6,15H,5H2,1-2H3;2-4,14-15H,1H3. The van der Waals surface area contributed by atoms with Crippen molar-refractivity contribution in [3.05, 3.63) is 181 Å². The van der Waals surface area contributed by atoms with Gasteiger partial charge in [0, 0.05) is 24.6 Å². The number of hydrogen-bond acceptors (Lipinski definition) is 22. The topological polar surface area (TPSA) is 306 Å². The normalized spacial score (nSPS) is 12.7. The molecule has 1 unspecified atom stereocenters. The van der Waals surface area contributed by atoms with Crippen LogP contribution in [0.15, 0.2) is 161 Å². The number of benzene rings is 6. The third-order valence-corrected chi connectivity index (χ3v) is 14.3. The highest BCUT2D eigenvalue weighted by atomic mass is 16.5. The number of methoxy groups -OCH3 is 4. The number of phenols is 4. The minimum Gasteiger partial charge on any atom is -0.506 e. The maximum absolute atomic E-state index is 12.6. The number of aromatic hydroxyl groups is 4. The first-order valence-corrected chi connectivity index (χ1v) is 27.0. The Bertz CT molecular complexity index is 4990. The summed E-state index contributed by atoms with van der Waals surface area (Å²) in [6.45, 7) is 7.25. The lowest BCUT2D eigenvalue weighted by molar-refractivity contribution is 0.0860. The van der Waals surface area contributed by atoms with Crippen molar-refractivity contribution in [3.63, 3.8) is 0 Å². The monoisotopic (exact) mass is 1200 g/mol. The van der Waals surface area contributed by atoms with Crippen molar-refractivity contribution >= 4 is 82.6 Å². The van der Waals surface area contributed by atoms with Crippen LogP contribution in [0.25, 0.3) is 76.8 Å². The molecule has 0 spiro atoms. The second-order valence-electron chi connectivity index (χ2n) is 20.1. The molecular formula is C66H54O22. The summed E-state index contributed by atoms with van der Waals surface area (Å²) in [5.41, 5.74) is 2.81. The van der Waals surface area contributed by atoms with Gasteiger partial charge in [0.25, 0.3) is 0 Å². The molecule has 14 rings (SSSR count). The molecular weight excluding hydrogens is 1140 g/mol. The molecule has 1 atom stereocenters. The molecule has 8 heterocycles. The SMILES string of the molecule is COc1c2c(c(O)c3occc13)OC(C)CC2=O.COc1ccc(COc2c3occc3c(O)c3c(=O)cc(C)oc23)cc1.COc1ccc(COc2c3occc3c(OC)c3c(=O)cc(C)oc23)cc1.Cc1cc(=O)c2c(O)c3ccoc3c(O)c2o1. The molecule has 0 saturated heterocycles. The summed E-state index contributed by atoms with van der Waals surface area (Å²) in [5, 5.41) is 42.7. The fourth-order valence-corrected chi connectivity index (χ4v) is 10.3. The van der Waals surface area contributed by atoms with Crippen molar-refractivity contribution in [3.8, 4) is 63.2 Å². The van der Waals surface area contributed by atoms with Gasteiger partial charge in [-0.3, -0.25) is 19.2 Å². The maximum Gasteiger partial charge on any atom is 0.206 e. The van der Waals surface area contributed by atoms with Crippen LogP contribution in [0.4, 0.5) is 0 Å². The van der Waals surface area contributed by atoms with Crippen LogP contribution in [0, 0.1) is 20.8 Å². The van der Waals surface area contributed by atoms with E-state index < -0.39 is 5.43 Å². The number of aryl methyl sites for hydroxylation is 3. The summed E-state index contributed by atoms with van der Waals surface area (Å²) in [6.07, 6.45) is 5.72. The predicted molar refractivity (Wildman–Crippen MR) is 321 cm³/mol. The summed E-state index contributed by atoms with van der Waals surface area (Å²) in [4.78, 5) is 48.8. The van der Waals surface area contributed by atoms with Gasteiger partial charge in [-0.1, -0.05) is 24.3 Å². The molecule has 1 aliphatic heterocycles. The van der Waals surface area contributed by atoms with E-state index in [0.717, 1.165) is 22.6 Å². The lowest BCUT2D eigenvalue weighted by atomic mass is 9.98. The molecule has 0 amide bonds. The number of ketones is 1. The largest absolute Gasteiger partial charge is 0.506 e. The molecule has 22 heteroatoms. The smallest absolute Gasteiger partial charge is 0.206 e. The third-order valence-electron chi connectivity index (χ3n) is 14.3. The van der Waals surface area contributed by atoms with Crippen LogP contribution in [-0.4, -0.2) is 60.8 Å². The number of Topliss-reactive ketones (excluding diaryl/α,β-unsaturated/α-hetero) is 1. The van der Waals surface area contributed by atoms with Crippen molar-refractivity contribution < 1.29 is 89.3 Å². The zero-order chi connectivity index (χ0) is 62.2. The van der Waals surface area contributed by atoms with Gasteiger partial charge in [0.15, 0.2) is 66.9 Å². The van der Waals surface area contributed by atoms with Crippen LogP contribution < -0.4 is 49.4 Å². The van der Waals surface area contributed by atoms with E-state index in [9.17, 15) is 39.6 Å². The number of furan rings is 4. The molecule has 0 aliphatic carbocycles. The molecule has 0 bridgehead atoms. The summed E-state index contributed by atoms with van der Waals surface area (Å²) >= 11 is 0. The number of phenolic OH excluding ortho intramolecular Hbond substituents is 4. The highest BCUT2D eigenvalue weighted by Gasteiger charge is 2.34. The van der Waals surface area contributed by atoms with Crippen molar-refractivity contribution in [1.82, 2.24) is 0 Å². The lowest BCUT2D eigenvalue weighted by Gasteiger charge is -2.24. The summed E-state index contributed by atoms with van der Waals surface area (Å²) in [6, 6.07) is 25.4. The fraction of sp³-hybridized carbons (Fsp3) is 0.182. The number of ether oxygens (including phenoxy) is 7. The highest BCUT2D eigenvalue weighted by Crippen LogP contribution is 2.49. The maximum atomic E-state index is 12.6. The van der Waals surface area contributed by atoms with Gasteiger partial charge in [-0.25, -0.2) is 0 Å². The molecule has 4 N–H and O–H groups in total. The second kappa shape index (κ2) is 23.9. The van der Waals surface area contributed by atoms with E-state index in [4.69, 9.17) is 64.1 Å². The first-order valence-electron chi connectivity index (χ1n) is 27.0. The minimum atomic E-state index is -0.403. The van der Waals surface area contributed by atoms with E-state index in [2.05, 4.69) is 0 Å². The van der Waals surface area contributed by atoms with Crippen LogP contribution in [0.5, 0.6) is 63.2 Å². The van der Waals surface area contributed by atoms with Gasteiger partial charge in [-0.15, -0.1) is 0 Å². The van der Waals surface area contributed by atoms with Crippen LogP contribution in [0.3, 0.4) is 0 Å². The first kappa shape index (κ1) is 58.4. The van der Waals surface area contributed by atoms with Gasteiger partial charge in [0.2, 0.25) is 23.0 Å². The van der Waals surface area contributed by atoms with Gasteiger partial charge in [0.05, 0.1) is 75.0 Å². The van der Waals surface area contributed by atoms with Crippen molar-refractivity contribution in [2.45, 2.75) is 53.4 Å². The Morgan fingerprint density at radius 2 is 0.830 bits per heavy atom. The highest BCUT2D eigenvalue weighted by molar-refractivity contribution is 6.11. The van der Waals surface area contributed by atoms with E-state index in [1.54, 1.807) is 60.1 Å². The van der Waals surface area contributed by atoms with Gasteiger partial charge < -0.3 is 84.5 Å². The molecule has 450 valence electrons. The molecule has 1 aliphatic rings. The zero-order valence-electron chi connectivity index (χ0n) is 48.3. The molecule has 88 heavy (non-hydrogen) atoms. The summed E-state index contributed by atoms with van der Waals surface area (Å²) in [7, 11) is 6.21. The van der Waals surface area contributed by atoms with Crippen LogP contribution in [0.1, 0.15) is 52.1 Å². The average molecular weight is 1200 g/mol. The molecule has 22 nitrogen and oxygen atoms in total. The number of carbonyl (C=O) groups excluding carboxylic acids is 1. The predicted octanol–water partition coefficient (Wildman–Crippen LogP) is 13.3. The third kappa shape index (κ3) is 10.7. The Morgan fingerprint density at radius 3 is 1.32 bits per heavy atom. The van der Waals surface area contributed by atoms with E-state index in [0.29, 0.717) is 78.4 Å². The van der Waals surface area contributed by atoms with Crippen LogP contribution in [-0.2, 0) is 13.2 Å². The minimum absolute atomic E-state index is 0.0398. The van der Waals surface area contributed by atoms with Gasteiger partial charge in [0.1, 0.15) is 92.8 Å². The van der Waals surface area contributed by atoms with Crippen molar-refractivity contribution in [1.29, 1.82) is 0 Å². The molecule has 0 fully saturated rings. The average Bonchev–Trinajstić information content (AvgIpc) is 2.21. The summed E-state index contributed by atoms with van der Waals surface area (Å²) in [5.74, 6) is 3.45. The van der Waals surface area contributed by atoms with Gasteiger partial charge in [-0.2, -0.15) is 0 Å². The van der Waals surface area contributed by atoms with Crippen molar-refractivity contribution in [2.75, 3.05) is 28.4 Å². The van der Waals surface area contributed by atoms with Crippen molar-refractivity contribution in [2.24, 2.45) is 0 Å². The molecule has 13 aromatic rings. The molecule has 7 aromatic heterocycles. The zero-order valence-corrected chi connectivity index (χ0v) is 48.3. The summed E-state index contributed by atoms with van der Waals surface area (Å²) < 4.78 is 76.7. The Kier molecular flexibility index (Phi) is 15.9. The van der Waals surface area contributed by atoms with E-state index in [-0.39, 0.29) is 115 Å². The lowest BCUT2D eigenvalue weighted by Crippen LogP contribution is -2.24. The number of fused-ring (bicyclic) bond motifs is 8. The van der Waals surface area contributed by atoms with Gasteiger partial charge in [-0.05, 0) is 87.4 Å². The Morgan fingerprint density at radius 1 is 0.432 bits per heavy atom. The van der Waals surface area contributed by atoms with Crippen LogP contribution in [0.2, 0.25) is 0 Å². The Hall–Kier alpha value is -11.4. The second-order valence-corrected chi connectivity index (χ2v) is 20.1. The van der Waals surface area contributed by atoms with Crippen LogP contribution >= 0.6 is 0 Å². The van der Waals surface area contributed by atoms with Gasteiger partial charge >= 0.3 is 0 Å². The van der Waals surface area contributed by atoms with E-state index in [1.165, 1.54) is 63.5 Å². The van der Waals surface area contributed by atoms with E-state index in [1.807, 2.05) is 48.5 Å².